The number of alkyl carbamates (subject to hydrolysis) is 1. The van der Waals surface area contributed by atoms with Crippen LogP contribution in [-0.4, -0.2) is 138 Å². The Balaban J connectivity index is 0.947. The summed E-state index contributed by atoms with van der Waals surface area (Å²) in [6.45, 7) is 12.8. The average molecular weight is 762 g/mol. The largest absolute Gasteiger partial charge is 0.449 e. The summed E-state index contributed by atoms with van der Waals surface area (Å²) in [6, 6.07) is 16.6. The number of hydrogen-bond donors (Lipinski definition) is 1. The van der Waals surface area contributed by atoms with Gasteiger partial charge < -0.3 is 52.7 Å². The number of amides is 1. The van der Waals surface area contributed by atoms with Crippen molar-refractivity contribution < 1.29 is 52.2 Å². The molecule has 54 heavy (non-hydrogen) atoms. The third-order valence-electron chi connectivity index (χ3n) is 8.70. The molecule has 2 aromatic carbocycles. The van der Waals surface area contributed by atoms with E-state index < -0.39 is 6.09 Å². The van der Waals surface area contributed by atoms with Crippen LogP contribution in [0.1, 0.15) is 68.9 Å². The summed E-state index contributed by atoms with van der Waals surface area (Å²) >= 11 is 0. The van der Waals surface area contributed by atoms with E-state index in [-0.39, 0.29) is 5.92 Å². The molecular formula is C42H67NO11. The summed E-state index contributed by atoms with van der Waals surface area (Å²) < 4.78 is 55.4. The van der Waals surface area contributed by atoms with Crippen molar-refractivity contribution in [3.8, 4) is 11.1 Å². The first-order chi connectivity index (χ1) is 26.8. The predicted molar refractivity (Wildman–Crippen MR) is 208 cm³/mol. The molecule has 0 unspecified atom stereocenters. The van der Waals surface area contributed by atoms with E-state index in [0.717, 1.165) is 13.0 Å². The van der Waals surface area contributed by atoms with E-state index in [1.54, 1.807) is 0 Å². The molecule has 1 aliphatic carbocycles. The van der Waals surface area contributed by atoms with Gasteiger partial charge in [0, 0.05) is 25.7 Å². The van der Waals surface area contributed by atoms with Gasteiger partial charge in [-0.05, 0) is 35.1 Å². The van der Waals surface area contributed by atoms with E-state index in [0.29, 0.717) is 132 Å². The Hall–Kier alpha value is -2.65. The standard InChI is InChI=1S/C42H67NO11/c1-2-3-4-5-6-11-18-45-20-22-47-24-26-49-28-30-51-32-34-53-35-33-52-31-29-50-27-25-48-23-21-46-19-12-17-43-42(44)54-36-41-39-15-9-7-13-37(39)38-14-8-10-16-40(38)41/h7-10,13-16,41H,2-6,11-12,17-36H2,1H3,(H,43,44). The smallest absolute Gasteiger partial charge is 0.407 e. The maximum atomic E-state index is 12.3. The van der Waals surface area contributed by atoms with Crippen molar-refractivity contribution in [2.75, 3.05) is 132 Å². The molecule has 0 atom stereocenters. The van der Waals surface area contributed by atoms with Crippen LogP contribution in [-0.2, 0) is 47.4 Å². The fourth-order valence-corrected chi connectivity index (χ4v) is 5.86. The Morgan fingerprint density at radius 2 is 0.815 bits per heavy atom. The van der Waals surface area contributed by atoms with Gasteiger partial charge in [0.25, 0.3) is 0 Å². The Morgan fingerprint density at radius 3 is 1.24 bits per heavy atom. The molecule has 0 saturated carbocycles. The highest BCUT2D eigenvalue weighted by atomic mass is 16.6. The van der Waals surface area contributed by atoms with Crippen LogP contribution in [0.3, 0.4) is 0 Å². The van der Waals surface area contributed by atoms with Crippen molar-refractivity contribution in [1.29, 1.82) is 0 Å². The number of carbonyl (C=O) groups excluding carboxylic acids is 1. The summed E-state index contributed by atoms with van der Waals surface area (Å²) in [7, 11) is 0. The van der Waals surface area contributed by atoms with Crippen LogP contribution in [0.25, 0.3) is 11.1 Å². The lowest BCUT2D eigenvalue weighted by atomic mass is 9.98. The summed E-state index contributed by atoms with van der Waals surface area (Å²) in [5.41, 5.74) is 4.82. The summed E-state index contributed by atoms with van der Waals surface area (Å²) in [5, 5.41) is 2.81. The quantitative estimate of drug-likeness (QED) is 0.0768. The van der Waals surface area contributed by atoms with E-state index in [2.05, 4.69) is 36.5 Å². The van der Waals surface area contributed by atoms with Gasteiger partial charge in [0.15, 0.2) is 0 Å². The molecule has 0 radical (unpaired) electrons. The molecule has 12 heteroatoms. The highest BCUT2D eigenvalue weighted by Crippen LogP contribution is 2.44. The molecule has 0 spiro atoms. The van der Waals surface area contributed by atoms with Gasteiger partial charge in [0.05, 0.1) is 106 Å². The number of unbranched alkanes of at least 4 members (excludes halogenated alkanes) is 5. The van der Waals surface area contributed by atoms with Crippen LogP contribution in [0, 0.1) is 0 Å². The molecule has 0 saturated heterocycles. The summed E-state index contributed by atoms with van der Waals surface area (Å²) in [5.74, 6) is 0.0529. The van der Waals surface area contributed by atoms with E-state index in [1.807, 2.05) is 24.3 Å². The molecule has 0 heterocycles. The van der Waals surface area contributed by atoms with Crippen molar-refractivity contribution in [2.45, 2.75) is 57.8 Å². The molecule has 1 N–H and O–H groups in total. The van der Waals surface area contributed by atoms with Crippen LogP contribution in [0.5, 0.6) is 0 Å². The SMILES string of the molecule is CCCCCCCCOCCOCCOCCOCCOCCOCCOCCOCCOCCCNC(=O)OCC1c2ccccc2-c2ccccc21. The van der Waals surface area contributed by atoms with E-state index in [4.69, 9.17) is 47.4 Å². The van der Waals surface area contributed by atoms with Crippen molar-refractivity contribution in [3.05, 3.63) is 59.7 Å². The van der Waals surface area contributed by atoms with Crippen molar-refractivity contribution in [3.63, 3.8) is 0 Å². The normalized spacial score (nSPS) is 12.2. The van der Waals surface area contributed by atoms with Crippen molar-refractivity contribution in [1.82, 2.24) is 5.32 Å². The van der Waals surface area contributed by atoms with Crippen LogP contribution < -0.4 is 5.32 Å². The van der Waals surface area contributed by atoms with Gasteiger partial charge in [-0.3, -0.25) is 0 Å². The third-order valence-corrected chi connectivity index (χ3v) is 8.70. The lowest BCUT2D eigenvalue weighted by Crippen LogP contribution is -2.27. The van der Waals surface area contributed by atoms with Gasteiger partial charge in [-0.15, -0.1) is 0 Å². The topological polar surface area (TPSA) is 121 Å². The number of benzene rings is 2. The lowest BCUT2D eigenvalue weighted by molar-refractivity contribution is -0.0250. The molecule has 0 aromatic heterocycles. The minimum absolute atomic E-state index is 0.0529. The number of fused-ring (bicyclic) bond motifs is 3. The Morgan fingerprint density at radius 1 is 0.463 bits per heavy atom. The number of rotatable bonds is 37. The molecule has 0 fully saturated rings. The molecule has 0 bridgehead atoms. The summed E-state index contributed by atoms with van der Waals surface area (Å²) in [4.78, 5) is 12.3. The van der Waals surface area contributed by atoms with Crippen molar-refractivity contribution in [2.24, 2.45) is 0 Å². The van der Waals surface area contributed by atoms with E-state index >= 15 is 0 Å². The van der Waals surface area contributed by atoms with Gasteiger partial charge in [0.2, 0.25) is 0 Å². The zero-order valence-corrected chi connectivity index (χ0v) is 32.8. The fourth-order valence-electron chi connectivity index (χ4n) is 5.86. The monoisotopic (exact) mass is 761 g/mol. The molecule has 12 nitrogen and oxygen atoms in total. The minimum Gasteiger partial charge on any atom is -0.449 e. The van der Waals surface area contributed by atoms with Gasteiger partial charge >= 0.3 is 6.09 Å². The van der Waals surface area contributed by atoms with Crippen LogP contribution >= 0.6 is 0 Å². The number of carbonyl (C=O) groups is 1. The van der Waals surface area contributed by atoms with Gasteiger partial charge in [-0.1, -0.05) is 87.6 Å². The maximum absolute atomic E-state index is 12.3. The summed E-state index contributed by atoms with van der Waals surface area (Å²) in [6.07, 6.45) is 7.94. The first-order valence-corrected chi connectivity index (χ1v) is 20.1. The molecule has 2 aromatic rings. The zero-order chi connectivity index (χ0) is 38.0. The number of hydrogen-bond acceptors (Lipinski definition) is 11. The second kappa shape index (κ2) is 32.6. The number of ether oxygens (including phenoxy) is 10. The van der Waals surface area contributed by atoms with Gasteiger partial charge in [-0.2, -0.15) is 0 Å². The fraction of sp³-hybridized carbons (Fsp3) is 0.690. The molecule has 1 amide bonds. The first kappa shape index (κ1) is 45.7. The Labute approximate surface area is 323 Å². The lowest BCUT2D eigenvalue weighted by Gasteiger charge is -2.14. The molecular weight excluding hydrogens is 694 g/mol. The molecule has 0 aliphatic heterocycles. The van der Waals surface area contributed by atoms with Crippen molar-refractivity contribution >= 4 is 6.09 Å². The predicted octanol–water partition coefficient (Wildman–Crippen LogP) is 6.43. The van der Waals surface area contributed by atoms with Gasteiger partial charge in [0.1, 0.15) is 6.61 Å². The zero-order valence-electron chi connectivity index (χ0n) is 32.8. The molecule has 3 rings (SSSR count). The highest BCUT2D eigenvalue weighted by Gasteiger charge is 2.28. The van der Waals surface area contributed by atoms with Gasteiger partial charge in [-0.25, -0.2) is 4.79 Å². The Kier molecular flexibility index (Phi) is 27.6. The minimum atomic E-state index is -0.411. The van der Waals surface area contributed by atoms with Crippen LogP contribution in [0.15, 0.2) is 48.5 Å². The third kappa shape index (κ3) is 21.4. The number of nitrogens with one attached hydrogen (secondary N) is 1. The first-order valence-electron chi connectivity index (χ1n) is 20.1. The maximum Gasteiger partial charge on any atom is 0.407 e. The molecule has 1 aliphatic rings. The second-order valence-electron chi connectivity index (χ2n) is 12.9. The Bertz CT molecular complexity index is 1140. The van der Waals surface area contributed by atoms with Crippen LogP contribution in [0.4, 0.5) is 4.79 Å². The van der Waals surface area contributed by atoms with E-state index in [9.17, 15) is 4.79 Å². The van der Waals surface area contributed by atoms with Crippen LogP contribution in [0.2, 0.25) is 0 Å². The van der Waals surface area contributed by atoms with E-state index in [1.165, 1.54) is 54.4 Å². The second-order valence-corrected chi connectivity index (χ2v) is 12.9. The average Bonchev–Trinajstić information content (AvgIpc) is 3.52. The highest BCUT2D eigenvalue weighted by molar-refractivity contribution is 5.79. The molecule has 306 valence electrons.